The van der Waals surface area contributed by atoms with Gasteiger partial charge < -0.3 is 29.6 Å². The molecule has 200 valence electrons. The Hall–Kier alpha value is -4.02. The molecule has 2 atom stereocenters. The summed E-state index contributed by atoms with van der Waals surface area (Å²) in [5.74, 6) is 0.391. The molecule has 0 saturated heterocycles. The predicted octanol–water partition coefficient (Wildman–Crippen LogP) is 3.66. The van der Waals surface area contributed by atoms with Crippen molar-refractivity contribution in [3.63, 3.8) is 0 Å². The number of hydrogen-bond donors (Lipinski definition) is 2. The Morgan fingerprint density at radius 1 is 1.13 bits per heavy atom. The van der Waals surface area contributed by atoms with Crippen molar-refractivity contribution in [2.75, 3.05) is 25.2 Å². The van der Waals surface area contributed by atoms with E-state index in [-0.39, 0.29) is 18.4 Å². The zero-order chi connectivity index (χ0) is 26.9. The van der Waals surface area contributed by atoms with Gasteiger partial charge in [0, 0.05) is 12.1 Å². The Labute approximate surface area is 219 Å². The van der Waals surface area contributed by atoms with E-state index in [9.17, 15) is 13.8 Å². The summed E-state index contributed by atoms with van der Waals surface area (Å²) in [7, 11) is -2.57. The molecule has 13 heteroatoms. The standard InChI is InChI=1S/C25H28FN6O5P/c1-17(13-32-15-31-22-23(27)29-14-30-24(22)32)36-16-38(34)37-21-6-3-2-5-20(21)35-12-4-11-28-25(33)18-7-9-19(26)10-8-18/h2-3,5-10,14-15,17,38H,4,11-13,16H2,1H3,(H,28,33)(H2,27,29,30). The van der Waals surface area contributed by atoms with Crippen molar-refractivity contribution in [2.24, 2.45) is 0 Å². The van der Waals surface area contributed by atoms with Gasteiger partial charge in [0.1, 0.15) is 24.0 Å². The average Bonchev–Trinajstić information content (AvgIpc) is 3.32. The van der Waals surface area contributed by atoms with Crippen molar-refractivity contribution >= 4 is 30.9 Å². The highest BCUT2D eigenvalue weighted by molar-refractivity contribution is 7.39. The summed E-state index contributed by atoms with van der Waals surface area (Å²) >= 11 is 0. The van der Waals surface area contributed by atoms with Gasteiger partial charge in [0.2, 0.25) is 0 Å². The molecule has 2 aromatic carbocycles. The Bertz CT molecular complexity index is 1400. The number of fused-ring (bicyclic) bond motifs is 1. The van der Waals surface area contributed by atoms with Crippen LogP contribution in [0.1, 0.15) is 23.7 Å². The first kappa shape index (κ1) is 27.0. The fourth-order valence-electron chi connectivity index (χ4n) is 3.54. The summed E-state index contributed by atoms with van der Waals surface area (Å²) in [5.41, 5.74) is 7.31. The van der Waals surface area contributed by atoms with Gasteiger partial charge in [-0.05, 0) is 49.7 Å². The number of amides is 1. The van der Waals surface area contributed by atoms with E-state index < -0.39 is 13.8 Å². The van der Waals surface area contributed by atoms with E-state index in [1.165, 1.54) is 30.6 Å². The van der Waals surface area contributed by atoms with Gasteiger partial charge >= 0.3 is 0 Å². The Morgan fingerprint density at radius 2 is 1.89 bits per heavy atom. The minimum atomic E-state index is -2.57. The van der Waals surface area contributed by atoms with Crippen molar-refractivity contribution in [3.8, 4) is 11.5 Å². The van der Waals surface area contributed by atoms with E-state index in [0.717, 1.165) is 0 Å². The summed E-state index contributed by atoms with van der Waals surface area (Å²) < 4.78 is 44.5. The second-order valence-corrected chi connectivity index (χ2v) is 9.57. The zero-order valence-electron chi connectivity index (χ0n) is 20.7. The molecule has 0 saturated carbocycles. The molecule has 2 heterocycles. The van der Waals surface area contributed by atoms with Gasteiger partial charge in [0.25, 0.3) is 13.9 Å². The SMILES string of the molecule is CC(Cn1cnc2c(N)ncnc21)OC[PH](=O)Oc1ccccc1OCCCNC(=O)c1ccc(F)cc1. The first-order valence-corrected chi connectivity index (χ1v) is 13.4. The molecular formula is C25H28FN6O5P. The van der Waals surface area contributed by atoms with Crippen LogP contribution in [0.4, 0.5) is 10.2 Å². The number of halogens is 1. The molecule has 2 unspecified atom stereocenters. The Balaban J connectivity index is 1.20. The number of para-hydroxylation sites is 2. The number of ether oxygens (including phenoxy) is 2. The van der Waals surface area contributed by atoms with Gasteiger partial charge in [0.05, 0.1) is 25.6 Å². The van der Waals surface area contributed by atoms with Crippen molar-refractivity contribution in [2.45, 2.75) is 26.0 Å². The van der Waals surface area contributed by atoms with Crippen molar-refractivity contribution < 1.29 is 27.7 Å². The summed E-state index contributed by atoms with van der Waals surface area (Å²) in [4.78, 5) is 24.4. The fraction of sp³-hybridized carbons (Fsp3) is 0.280. The molecule has 3 N–H and O–H groups in total. The minimum absolute atomic E-state index is 0.0840. The van der Waals surface area contributed by atoms with Gasteiger partial charge in [-0.2, -0.15) is 0 Å². The van der Waals surface area contributed by atoms with E-state index in [2.05, 4.69) is 20.3 Å². The predicted molar refractivity (Wildman–Crippen MR) is 140 cm³/mol. The summed E-state index contributed by atoms with van der Waals surface area (Å²) in [6, 6.07) is 12.2. The third-order valence-corrected chi connectivity index (χ3v) is 6.26. The van der Waals surface area contributed by atoms with Crippen molar-refractivity contribution in [3.05, 3.63) is 72.6 Å². The van der Waals surface area contributed by atoms with E-state index in [0.29, 0.717) is 60.2 Å². The normalized spacial score (nSPS) is 12.7. The zero-order valence-corrected chi connectivity index (χ0v) is 21.7. The van der Waals surface area contributed by atoms with Gasteiger partial charge in [-0.1, -0.05) is 12.1 Å². The maximum Gasteiger partial charge on any atom is 0.261 e. The third-order valence-electron chi connectivity index (χ3n) is 5.41. The number of hydrogen-bond acceptors (Lipinski definition) is 9. The number of imidazole rings is 1. The number of benzene rings is 2. The van der Waals surface area contributed by atoms with Gasteiger partial charge in [0.15, 0.2) is 23.0 Å². The van der Waals surface area contributed by atoms with Gasteiger partial charge in [-0.3, -0.25) is 9.36 Å². The molecule has 0 spiro atoms. The van der Waals surface area contributed by atoms with Crippen LogP contribution >= 0.6 is 8.03 Å². The number of carbonyl (C=O) groups excluding carboxylic acids is 1. The number of nitrogens with zero attached hydrogens (tertiary/aromatic N) is 4. The lowest BCUT2D eigenvalue weighted by atomic mass is 10.2. The minimum Gasteiger partial charge on any atom is -0.490 e. The topological polar surface area (TPSA) is 143 Å². The number of nitrogens with two attached hydrogens (primary N) is 1. The number of rotatable bonds is 13. The summed E-state index contributed by atoms with van der Waals surface area (Å²) in [6.07, 6.45) is 3.13. The van der Waals surface area contributed by atoms with E-state index in [1.807, 2.05) is 6.92 Å². The van der Waals surface area contributed by atoms with Crippen LogP contribution in [0.15, 0.2) is 61.2 Å². The number of nitrogen functional groups attached to an aromatic ring is 1. The first-order chi connectivity index (χ1) is 18.4. The molecule has 38 heavy (non-hydrogen) atoms. The molecule has 1 amide bonds. The van der Waals surface area contributed by atoms with Crippen LogP contribution in [0.25, 0.3) is 11.2 Å². The van der Waals surface area contributed by atoms with Crippen LogP contribution in [0, 0.1) is 5.82 Å². The molecular weight excluding hydrogens is 514 g/mol. The summed E-state index contributed by atoms with van der Waals surface area (Å²) in [6.45, 7) is 2.94. The van der Waals surface area contributed by atoms with Crippen LogP contribution in [-0.4, -0.2) is 51.0 Å². The molecule has 0 bridgehead atoms. The molecule has 0 fully saturated rings. The lowest BCUT2D eigenvalue weighted by Crippen LogP contribution is -2.25. The van der Waals surface area contributed by atoms with Crippen LogP contribution < -0.4 is 20.3 Å². The molecule has 4 aromatic rings. The Kier molecular flexibility index (Phi) is 9.23. The quantitative estimate of drug-likeness (QED) is 0.191. The monoisotopic (exact) mass is 542 g/mol. The van der Waals surface area contributed by atoms with E-state index in [1.54, 1.807) is 35.2 Å². The Morgan fingerprint density at radius 3 is 2.68 bits per heavy atom. The van der Waals surface area contributed by atoms with E-state index >= 15 is 0 Å². The second-order valence-electron chi connectivity index (χ2n) is 8.34. The molecule has 0 aliphatic carbocycles. The van der Waals surface area contributed by atoms with Gasteiger partial charge in [-0.25, -0.2) is 19.3 Å². The number of carbonyl (C=O) groups is 1. The number of anilines is 1. The van der Waals surface area contributed by atoms with Crippen LogP contribution in [0.3, 0.4) is 0 Å². The molecule has 2 aromatic heterocycles. The number of aromatic nitrogens is 4. The highest BCUT2D eigenvalue weighted by Gasteiger charge is 2.14. The molecule has 0 aliphatic heterocycles. The molecule has 0 aliphatic rings. The van der Waals surface area contributed by atoms with Crippen LogP contribution in [-0.2, 0) is 15.8 Å². The average molecular weight is 543 g/mol. The second kappa shape index (κ2) is 13.0. The van der Waals surface area contributed by atoms with Crippen molar-refractivity contribution in [1.29, 1.82) is 0 Å². The smallest absolute Gasteiger partial charge is 0.261 e. The van der Waals surface area contributed by atoms with Crippen molar-refractivity contribution in [1.82, 2.24) is 24.8 Å². The third kappa shape index (κ3) is 7.27. The lowest BCUT2D eigenvalue weighted by Gasteiger charge is -2.16. The van der Waals surface area contributed by atoms with Gasteiger partial charge in [-0.15, -0.1) is 0 Å². The largest absolute Gasteiger partial charge is 0.490 e. The maximum absolute atomic E-state index is 13.0. The molecule has 4 rings (SSSR count). The first-order valence-electron chi connectivity index (χ1n) is 11.9. The lowest BCUT2D eigenvalue weighted by molar-refractivity contribution is 0.0851. The number of nitrogens with one attached hydrogen (secondary N) is 1. The molecule has 0 radical (unpaired) electrons. The summed E-state index contributed by atoms with van der Waals surface area (Å²) in [5, 5.41) is 2.75. The highest BCUT2D eigenvalue weighted by Crippen LogP contribution is 2.35. The molecule has 11 nitrogen and oxygen atoms in total. The van der Waals surface area contributed by atoms with E-state index in [4.69, 9.17) is 19.7 Å². The highest BCUT2D eigenvalue weighted by atomic mass is 31.1. The van der Waals surface area contributed by atoms with Crippen LogP contribution in [0.5, 0.6) is 11.5 Å². The fourth-order valence-corrected chi connectivity index (χ4v) is 4.43. The van der Waals surface area contributed by atoms with Crippen LogP contribution in [0.2, 0.25) is 0 Å². The maximum atomic E-state index is 13.0.